The maximum Gasteiger partial charge on any atom is 0.416 e. The fourth-order valence-corrected chi connectivity index (χ4v) is 3.30. The van der Waals surface area contributed by atoms with E-state index in [-0.39, 0.29) is 10.7 Å². The van der Waals surface area contributed by atoms with Crippen LogP contribution in [0.3, 0.4) is 0 Å². The van der Waals surface area contributed by atoms with Crippen molar-refractivity contribution >= 4 is 46.5 Å². The average molecular weight is 518 g/mol. The lowest BCUT2D eigenvalue weighted by atomic mass is 10.2. The molecule has 0 unspecified atom stereocenters. The second kappa shape index (κ2) is 10.1. The first-order valence-electron chi connectivity index (χ1n) is 10.4. The Morgan fingerprint density at radius 1 is 0.972 bits per heavy atom. The van der Waals surface area contributed by atoms with Crippen LogP contribution in [0.1, 0.15) is 11.1 Å². The van der Waals surface area contributed by atoms with E-state index in [0.29, 0.717) is 29.0 Å². The number of aryl methyl sites for hydroxylation is 1. The van der Waals surface area contributed by atoms with Crippen molar-refractivity contribution in [1.29, 1.82) is 0 Å². The van der Waals surface area contributed by atoms with Crippen LogP contribution in [0, 0.1) is 6.92 Å². The molecule has 0 fully saturated rings. The largest absolute Gasteiger partial charge is 0.416 e. The summed E-state index contributed by atoms with van der Waals surface area (Å²) in [6.07, 6.45) is -1.83. The van der Waals surface area contributed by atoms with Crippen molar-refractivity contribution in [3.05, 3.63) is 71.3 Å². The maximum absolute atomic E-state index is 13.0. The number of carbonyl (C=O) groups is 1. The Hall–Kier alpha value is -4.39. The molecule has 2 aromatic heterocycles. The standard InChI is InChI=1S/C22H19ClF3N9O/c1-12-3-5-14(32-21(36)34-17-7-13(22(24,25)26)4-6-15(17)23)8-16(12)33-20-30-11-31-35(20)19-9-18(27-2)28-10-29-19/h3-11H,1-2H3,(H,27,28,29)(H,30,31,33)(H2,32,34,36). The SMILES string of the molecule is CNc1cc(-n2ncnc2Nc2cc(NC(=O)Nc3cc(C(F)(F)F)ccc3Cl)ccc2C)ncn1. The van der Waals surface area contributed by atoms with E-state index in [2.05, 4.69) is 41.3 Å². The van der Waals surface area contributed by atoms with Crippen LogP contribution in [-0.4, -0.2) is 37.8 Å². The van der Waals surface area contributed by atoms with Gasteiger partial charge in [-0.2, -0.15) is 27.9 Å². The van der Waals surface area contributed by atoms with Crippen molar-refractivity contribution in [3.8, 4) is 5.82 Å². The second-order valence-corrected chi connectivity index (χ2v) is 7.84. The van der Waals surface area contributed by atoms with E-state index in [1.165, 1.54) is 17.3 Å². The van der Waals surface area contributed by atoms with Crippen molar-refractivity contribution in [2.75, 3.05) is 28.3 Å². The zero-order valence-electron chi connectivity index (χ0n) is 18.9. The van der Waals surface area contributed by atoms with Gasteiger partial charge in [0, 0.05) is 24.5 Å². The van der Waals surface area contributed by atoms with E-state index >= 15 is 0 Å². The summed E-state index contributed by atoms with van der Waals surface area (Å²) in [5.74, 6) is 1.42. The molecule has 36 heavy (non-hydrogen) atoms. The van der Waals surface area contributed by atoms with Crippen molar-refractivity contribution in [2.45, 2.75) is 13.1 Å². The molecular weight excluding hydrogens is 499 g/mol. The van der Waals surface area contributed by atoms with Crippen LogP contribution in [0.4, 0.5) is 46.8 Å². The first kappa shape index (κ1) is 24.7. The van der Waals surface area contributed by atoms with Gasteiger partial charge in [0.1, 0.15) is 18.5 Å². The number of hydrogen-bond acceptors (Lipinski definition) is 7. The molecular formula is C22H19ClF3N9O. The molecule has 0 aliphatic carbocycles. The minimum absolute atomic E-state index is 0.0325. The van der Waals surface area contributed by atoms with Gasteiger partial charge in [-0.1, -0.05) is 17.7 Å². The first-order valence-corrected chi connectivity index (χ1v) is 10.7. The van der Waals surface area contributed by atoms with Crippen molar-refractivity contribution < 1.29 is 18.0 Å². The van der Waals surface area contributed by atoms with Crippen LogP contribution in [0.15, 0.2) is 55.1 Å². The number of nitrogens with zero attached hydrogens (tertiary/aromatic N) is 5. The molecule has 0 radical (unpaired) electrons. The Morgan fingerprint density at radius 3 is 2.53 bits per heavy atom. The number of hydrogen-bond donors (Lipinski definition) is 4. The monoisotopic (exact) mass is 517 g/mol. The summed E-state index contributed by atoms with van der Waals surface area (Å²) in [4.78, 5) is 25.0. The van der Waals surface area contributed by atoms with Gasteiger partial charge in [0.15, 0.2) is 5.82 Å². The summed E-state index contributed by atoms with van der Waals surface area (Å²) in [6, 6.07) is 8.62. The number of anilines is 5. The van der Waals surface area contributed by atoms with E-state index < -0.39 is 17.8 Å². The van der Waals surface area contributed by atoms with Gasteiger partial charge < -0.3 is 21.3 Å². The van der Waals surface area contributed by atoms with Gasteiger partial charge >= 0.3 is 12.2 Å². The molecule has 0 atom stereocenters. The highest BCUT2D eigenvalue weighted by molar-refractivity contribution is 6.33. The normalized spacial score (nSPS) is 11.2. The Morgan fingerprint density at radius 2 is 1.78 bits per heavy atom. The molecule has 0 bridgehead atoms. The summed E-state index contributed by atoms with van der Waals surface area (Å²) in [5.41, 5.74) is 0.693. The molecule has 2 aromatic carbocycles. The quantitative estimate of drug-likeness (QED) is 0.267. The molecule has 2 heterocycles. The van der Waals surface area contributed by atoms with E-state index in [0.717, 1.165) is 23.8 Å². The summed E-state index contributed by atoms with van der Waals surface area (Å²) in [7, 11) is 1.73. The minimum Gasteiger partial charge on any atom is -0.373 e. The minimum atomic E-state index is -4.57. The lowest BCUT2D eigenvalue weighted by Crippen LogP contribution is -2.20. The number of benzene rings is 2. The summed E-state index contributed by atoms with van der Waals surface area (Å²) < 4.78 is 40.5. The van der Waals surface area contributed by atoms with Gasteiger partial charge in [-0.05, 0) is 42.8 Å². The van der Waals surface area contributed by atoms with Crippen molar-refractivity contribution in [3.63, 3.8) is 0 Å². The van der Waals surface area contributed by atoms with E-state index in [4.69, 9.17) is 11.6 Å². The molecule has 4 N–H and O–H groups in total. The maximum atomic E-state index is 13.0. The molecule has 0 saturated carbocycles. The Labute approximate surface area is 207 Å². The first-order chi connectivity index (χ1) is 17.1. The predicted molar refractivity (Wildman–Crippen MR) is 130 cm³/mol. The topological polar surface area (TPSA) is 122 Å². The zero-order valence-corrected chi connectivity index (χ0v) is 19.6. The van der Waals surface area contributed by atoms with E-state index in [9.17, 15) is 18.0 Å². The van der Waals surface area contributed by atoms with E-state index in [1.807, 2.05) is 6.92 Å². The van der Waals surface area contributed by atoms with Crippen LogP contribution >= 0.6 is 11.6 Å². The molecule has 10 nitrogen and oxygen atoms in total. The smallest absolute Gasteiger partial charge is 0.373 e. The third kappa shape index (κ3) is 5.63. The van der Waals surface area contributed by atoms with Crippen LogP contribution in [0.2, 0.25) is 5.02 Å². The fourth-order valence-electron chi connectivity index (χ4n) is 3.13. The number of nitrogens with one attached hydrogen (secondary N) is 4. The number of halogens is 4. The molecule has 14 heteroatoms. The number of aromatic nitrogens is 5. The molecule has 0 saturated heterocycles. The molecule has 2 amide bonds. The van der Waals surface area contributed by atoms with Crippen LogP contribution in [-0.2, 0) is 6.18 Å². The van der Waals surface area contributed by atoms with Gasteiger partial charge in [0.05, 0.1) is 16.3 Å². The predicted octanol–water partition coefficient (Wildman–Crippen LogP) is 5.47. The Kier molecular flexibility index (Phi) is 6.92. The van der Waals surface area contributed by atoms with Gasteiger partial charge in [-0.3, -0.25) is 0 Å². The van der Waals surface area contributed by atoms with Gasteiger partial charge in [0.2, 0.25) is 5.95 Å². The van der Waals surface area contributed by atoms with Gasteiger partial charge in [-0.25, -0.2) is 14.8 Å². The molecule has 4 rings (SSSR count). The zero-order chi connectivity index (χ0) is 25.9. The van der Waals surface area contributed by atoms with Crippen LogP contribution < -0.4 is 21.3 Å². The summed E-state index contributed by atoms with van der Waals surface area (Å²) in [5, 5.41) is 15.1. The van der Waals surface area contributed by atoms with Crippen molar-refractivity contribution in [1.82, 2.24) is 24.7 Å². The molecule has 0 spiro atoms. The lowest BCUT2D eigenvalue weighted by molar-refractivity contribution is -0.137. The van der Waals surface area contributed by atoms with Gasteiger partial charge in [-0.15, -0.1) is 0 Å². The molecule has 0 aliphatic heterocycles. The Balaban J connectivity index is 1.51. The van der Waals surface area contributed by atoms with Gasteiger partial charge in [0.25, 0.3) is 0 Å². The van der Waals surface area contributed by atoms with Crippen molar-refractivity contribution in [2.24, 2.45) is 0 Å². The molecule has 4 aromatic rings. The third-order valence-electron chi connectivity index (χ3n) is 4.96. The molecule has 186 valence electrons. The fraction of sp³-hybridized carbons (Fsp3) is 0.136. The number of rotatable bonds is 6. The van der Waals surface area contributed by atoms with Crippen LogP contribution in [0.5, 0.6) is 0 Å². The number of amides is 2. The number of alkyl halides is 3. The summed E-state index contributed by atoms with van der Waals surface area (Å²) in [6.45, 7) is 1.85. The number of carbonyl (C=O) groups excluding carboxylic acids is 1. The second-order valence-electron chi connectivity index (χ2n) is 7.43. The van der Waals surface area contributed by atoms with E-state index in [1.54, 1.807) is 31.3 Å². The van der Waals surface area contributed by atoms with Crippen LogP contribution in [0.25, 0.3) is 5.82 Å². The average Bonchev–Trinajstić information content (AvgIpc) is 3.30. The number of urea groups is 1. The summed E-state index contributed by atoms with van der Waals surface area (Å²) >= 11 is 5.96. The Bertz CT molecular complexity index is 1410. The lowest BCUT2D eigenvalue weighted by Gasteiger charge is -2.14. The highest BCUT2D eigenvalue weighted by atomic mass is 35.5. The molecule has 0 aliphatic rings. The highest BCUT2D eigenvalue weighted by Gasteiger charge is 2.31. The third-order valence-corrected chi connectivity index (χ3v) is 5.29. The highest BCUT2D eigenvalue weighted by Crippen LogP contribution is 2.34.